The highest BCUT2D eigenvalue weighted by Gasteiger charge is 2.29. The summed E-state index contributed by atoms with van der Waals surface area (Å²) in [5.41, 5.74) is 1.75. The molecule has 1 aromatic carbocycles. The topological polar surface area (TPSA) is 9.23 Å². The summed E-state index contributed by atoms with van der Waals surface area (Å²) in [6, 6.07) is 3.62. The average Bonchev–Trinajstić information content (AvgIpc) is 2.71. The Morgan fingerprint density at radius 3 is 2.59 bits per heavy atom. The lowest BCUT2D eigenvalue weighted by Crippen LogP contribution is -2.23. The molecule has 1 saturated carbocycles. The van der Waals surface area contributed by atoms with Gasteiger partial charge in [-0.05, 0) is 87.3 Å². The van der Waals surface area contributed by atoms with Gasteiger partial charge in [-0.25, -0.2) is 4.39 Å². The van der Waals surface area contributed by atoms with E-state index in [1.807, 2.05) is 19.1 Å². The maximum Gasteiger partial charge on any atom is 0.153 e. The number of benzene rings is 1. The highest BCUT2D eigenvalue weighted by Crippen LogP contribution is 2.43. The minimum Gasteiger partial charge on any atom is -0.492 e. The van der Waals surface area contributed by atoms with E-state index < -0.39 is 0 Å². The fourth-order valence-corrected chi connectivity index (χ4v) is 5.10. The molecule has 2 aliphatic rings. The van der Waals surface area contributed by atoms with E-state index in [0.29, 0.717) is 17.9 Å². The number of halogens is 2. The molecule has 0 N–H and O–H groups in total. The maximum absolute atomic E-state index is 14.7. The smallest absolute Gasteiger partial charge is 0.153 e. The molecule has 3 rings (SSSR count). The van der Waals surface area contributed by atoms with Crippen molar-refractivity contribution >= 4 is 17.2 Å². The molecule has 0 saturated heterocycles. The summed E-state index contributed by atoms with van der Waals surface area (Å²) in [4.78, 5) is 0. The van der Waals surface area contributed by atoms with Crippen LogP contribution in [-0.4, -0.2) is 6.61 Å². The van der Waals surface area contributed by atoms with Crippen molar-refractivity contribution in [3.8, 4) is 5.75 Å². The molecule has 0 heterocycles. The Bertz CT molecular complexity index is 673. The van der Waals surface area contributed by atoms with Crippen molar-refractivity contribution in [3.05, 3.63) is 47.3 Å². The van der Waals surface area contributed by atoms with Crippen LogP contribution in [0, 0.1) is 23.6 Å². The van der Waals surface area contributed by atoms with Crippen LogP contribution in [0.3, 0.4) is 0 Å². The number of ether oxygens (including phenoxy) is 1. The fraction of sp³-hybridized carbons (Fsp3) is 0.583. The summed E-state index contributed by atoms with van der Waals surface area (Å²) >= 11 is 6.16. The summed E-state index contributed by atoms with van der Waals surface area (Å²) < 4.78 is 20.1. The average molecular weight is 391 g/mol. The zero-order valence-corrected chi connectivity index (χ0v) is 17.2. The predicted octanol–water partition coefficient (Wildman–Crippen LogP) is 7.83. The number of hydrogen-bond acceptors (Lipinski definition) is 1. The maximum atomic E-state index is 14.7. The van der Waals surface area contributed by atoms with Gasteiger partial charge >= 0.3 is 0 Å². The van der Waals surface area contributed by atoms with E-state index in [1.54, 1.807) is 6.07 Å². The third-order valence-electron chi connectivity index (χ3n) is 6.48. The van der Waals surface area contributed by atoms with Gasteiger partial charge in [0.05, 0.1) is 6.61 Å². The molecule has 1 fully saturated rings. The van der Waals surface area contributed by atoms with Gasteiger partial charge in [0.2, 0.25) is 0 Å². The van der Waals surface area contributed by atoms with Crippen LogP contribution in [0.2, 0.25) is 5.02 Å². The van der Waals surface area contributed by atoms with Crippen LogP contribution in [0.15, 0.2) is 30.9 Å². The molecule has 1 atom stereocenters. The minimum atomic E-state index is -0.338. The molecule has 0 aliphatic heterocycles. The van der Waals surface area contributed by atoms with Gasteiger partial charge in [0, 0.05) is 5.56 Å². The Balaban J connectivity index is 1.59. The minimum absolute atomic E-state index is 0.107. The van der Waals surface area contributed by atoms with E-state index in [-0.39, 0.29) is 10.8 Å². The van der Waals surface area contributed by atoms with E-state index >= 15 is 0 Å². The van der Waals surface area contributed by atoms with Crippen molar-refractivity contribution in [1.82, 2.24) is 0 Å². The number of allylic oxidation sites excluding steroid dienone is 3. The van der Waals surface area contributed by atoms with Crippen LogP contribution < -0.4 is 4.74 Å². The van der Waals surface area contributed by atoms with Gasteiger partial charge in [-0.2, -0.15) is 0 Å². The molecule has 0 aromatic heterocycles. The molecule has 2 aliphatic carbocycles. The largest absolute Gasteiger partial charge is 0.492 e. The third kappa shape index (κ3) is 4.96. The van der Waals surface area contributed by atoms with E-state index in [0.717, 1.165) is 49.0 Å². The molecule has 0 bridgehead atoms. The summed E-state index contributed by atoms with van der Waals surface area (Å²) in [6.07, 6.45) is 15.4. The van der Waals surface area contributed by atoms with E-state index in [9.17, 15) is 4.39 Å². The predicted molar refractivity (Wildman–Crippen MR) is 113 cm³/mol. The lowest BCUT2D eigenvalue weighted by Gasteiger charge is -2.35. The fourth-order valence-electron chi connectivity index (χ4n) is 4.88. The van der Waals surface area contributed by atoms with Crippen molar-refractivity contribution < 1.29 is 9.13 Å². The normalized spacial score (nSPS) is 25.7. The quantitative estimate of drug-likeness (QED) is 0.431. The first-order chi connectivity index (χ1) is 13.1. The van der Waals surface area contributed by atoms with Gasteiger partial charge in [0.1, 0.15) is 10.8 Å². The van der Waals surface area contributed by atoms with Crippen molar-refractivity contribution in [2.24, 2.45) is 17.8 Å². The Hall–Kier alpha value is -1.28. The van der Waals surface area contributed by atoms with Crippen molar-refractivity contribution in [3.63, 3.8) is 0 Å². The van der Waals surface area contributed by atoms with Crippen molar-refractivity contribution in [2.75, 3.05) is 6.61 Å². The summed E-state index contributed by atoms with van der Waals surface area (Å²) in [7, 11) is 0. The Morgan fingerprint density at radius 2 is 1.96 bits per heavy atom. The number of rotatable bonds is 7. The van der Waals surface area contributed by atoms with Gasteiger partial charge < -0.3 is 4.74 Å². The van der Waals surface area contributed by atoms with E-state index in [2.05, 4.69) is 12.7 Å². The molecule has 0 radical (unpaired) electrons. The molecule has 1 aromatic rings. The van der Waals surface area contributed by atoms with Gasteiger partial charge in [-0.3, -0.25) is 0 Å². The molecule has 0 spiro atoms. The molecule has 148 valence electrons. The second kappa shape index (κ2) is 9.78. The highest BCUT2D eigenvalue weighted by atomic mass is 35.5. The van der Waals surface area contributed by atoms with E-state index in [4.69, 9.17) is 16.3 Å². The standard InChI is InChI=1S/C24H32ClFO/c1-3-5-6-17-7-9-18(10-8-17)19-11-13-20(14-12-19)21-15-16-22(27-4-2)23(25)24(21)26/h3,13,15-19H,1,4-12,14H2,2H3. The first-order valence-electron chi connectivity index (χ1n) is 10.5. The highest BCUT2D eigenvalue weighted by molar-refractivity contribution is 6.32. The molecule has 0 amide bonds. The van der Waals surface area contributed by atoms with Gasteiger partial charge in [0.25, 0.3) is 0 Å². The molecule has 3 heteroatoms. The monoisotopic (exact) mass is 390 g/mol. The molecule has 1 unspecified atom stereocenters. The Labute approximate surface area is 168 Å². The Morgan fingerprint density at radius 1 is 1.19 bits per heavy atom. The van der Waals surface area contributed by atoms with Crippen LogP contribution in [0.5, 0.6) is 5.75 Å². The summed E-state index contributed by atoms with van der Waals surface area (Å²) in [5.74, 6) is 2.60. The van der Waals surface area contributed by atoms with Crippen molar-refractivity contribution in [1.29, 1.82) is 0 Å². The van der Waals surface area contributed by atoms with E-state index in [1.165, 1.54) is 32.1 Å². The molecule has 27 heavy (non-hydrogen) atoms. The first kappa shape index (κ1) is 20.5. The molecular formula is C24H32ClFO. The lowest BCUT2D eigenvalue weighted by atomic mass is 9.70. The molecule has 1 nitrogen and oxygen atoms in total. The van der Waals surface area contributed by atoms with Crippen LogP contribution in [0.25, 0.3) is 5.57 Å². The SMILES string of the molecule is C=CCCC1CCC(C2CC=C(c3ccc(OCC)c(Cl)c3F)CC2)CC1. The zero-order valence-electron chi connectivity index (χ0n) is 16.5. The number of hydrogen-bond donors (Lipinski definition) is 0. The van der Waals surface area contributed by atoms with Crippen LogP contribution in [-0.2, 0) is 0 Å². The van der Waals surface area contributed by atoms with Gasteiger partial charge in [0.15, 0.2) is 5.82 Å². The van der Waals surface area contributed by atoms with Gasteiger partial charge in [-0.15, -0.1) is 6.58 Å². The first-order valence-corrected chi connectivity index (χ1v) is 10.9. The Kier molecular flexibility index (Phi) is 7.41. The lowest BCUT2D eigenvalue weighted by molar-refractivity contribution is 0.190. The zero-order chi connectivity index (χ0) is 19.2. The van der Waals surface area contributed by atoms with Gasteiger partial charge in [-0.1, -0.05) is 36.6 Å². The summed E-state index contributed by atoms with van der Waals surface area (Å²) in [6.45, 7) is 6.20. The second-order valence-electron chi connectivity index (χ2n) is 8.08. The second-order valence-corrected chi connectivity index (χ2v) is 8.46. The van der Waals surface area contributed by atoms with Crippen molar-refractivity contribution in [2.45, 2.75) is 64.7 Å². The van der Waals surface area contributed by atoms with Crippen LogP contribution in [0.4, 0.5) is 4.39 Å². The summed E-state index contributed by atoms with van der Waals surface area (Å²) in [5, 5.41) is 0.107. The van der Waals surface area contributed by atoms with Crippen LogP contribution in [0.1, 0.15) is 70.3 Å². The van der Waals surface area contributed by atoms with Crippen LogP contribution >= 0.6 is 11.6 Å². The molecular weight excluding hydrogens is 359 g/mol. The third-order valence-corrected chi connectivity index (χ3v) is 6.83.